The van der Waals surface area contributed by atoms with Crippen LogP contribution in [-0.2, 0) is 11.2 Å². The van der Waals surface area contributed by atoms with Crippen molar-refractivity contribution in [3.8, 4) is 11.5 Å². The van der Waals surface area contributed by atoms with Gasteiger partial charge in [0, 0.05) is 5.56 Å². The highest BCUT2D eigenvalue weighted by atomic mass is 19.3. The van der Waals surface area contributed by atoms with Crippen LogP contribution in [0.3, 0.4) is 0 Å². The molecule has 2 amide bonds. The van der Waals surface area contributed by atoms with Gasteiger partial charge in [0.1, 0.15) is 5.82 Å². The molecule has 0 saturated heterocycles. The van der Waals surface area contributed by atoms with Crippen LogP contribution in [0.5, 0.6) is 11.5 Å². The Hall–Kier alpha value is -3.69. The third-order valence-corrected chi connectivity index (χ3v) is 3.72. The Morgan fingerprint density at radius 1 is 1.14 bits per heavy atom. The first kappa shape index (κ1) is 19.1. The predicted octanol–water partition coefficient (Wildman–Crippen LogP) is 2.18. The minimum atomic E-state index is -3.02. The zero-order valence-electron chi connectivity index (χ0n) is 14.7. The van der Waals surface area contributed by atoms with Crippen molar-refractivity contribution in [3.05, 3.63) is 53.9 Å². The van der Waals surface area contributed by atoms with E-state index in [-0.39, 0.29) is 23.5 Å². The SMILES string of the molecule is COc1cc(C(=O)NNC(=O)Cc2nc3ccccc3[nH]2)ccc1OC(F)F. The molecule has 0 saturated carbocycles. The lowest BCUT2D eigenvalue weighted by molar-refractivity contribution is -0.121. The number of fused-ring (bicyclic) bond motifs is 1. The van der Waals surface area contributed by atoms with Gasteiger partial charge in [-0.05, 0) is 30.3 Å². The van der Waals surface area contributed by atoms with Gasteiger partial charge in [0.25, 0.3) is 5.91 Å². The van der Waals surface area contributed by atoms with Crippen LogP contribution in [-0.4, -0.2) is 35.5 Å². The molecule has 0 spiro atoms. The molecule has 3 aromatic rings. The maximum absolute atomic E-state index is 12.3. The Labute approximate surface area is 157 Å². The number of nitrogens with one attached hydrogen (secondary N) is 3. The molecule has 2 aromatic carbocycles. The molecule has 0 unspecified atom stereocenters. The van der Waals surface area contributed by atoms with Crippen LogP contribution < -0.4 is 20.3 Å². The van der Waals surface area contributed by atoms with Crippen LogP contribution in [0.2, 0.25) is 0 Å². The normalized spacial score (nSPS) is 10.7. The van der Waals surface area contributed by atoms with Crippen LogP contribution in [0.4, 0.5) is 8.78 Å². The third-order valence-electron chi connectivity index (χ3n) is 3.72. The van der Waals surface area contributed by atoms with Gasteiger partial charge in [-0.2, -0.15) is 8.78 Å². The summed E-state index contributed by atoms with van der Waals surface area (Å²) in [6.07, 6.45) is -0.0700. The van der Waals surface area contributed by atoms with Crippen molar-refractivity contribution in [2.75, 3.05) is 7.11 Å². The first-order chi connectivity index (χ1) is 13.5. The van der Waals surface area contributed by atoms with E-state index in [1.54, 1.807) is 0 Å². The number of alkyl halides is 2. The maximum Gasteiger partial charge on any atom is 0.387 e. The number of hydrogen-bond acceptors (Lipinski definition) is 5. The van der Waals surface area contributed by atoms with E-state index in [1.807, 2.05) is 24.3 Å². The van der Waals surface area contributed by atoms with E-state index in [4.69, 9.17) is 4.74 Å². The number of benzene rings is 2. The van der Waals surface area contributed by atoms with Crippen LogP contribution in [0, 0.1) is 0 Å². The molecular weight excluding hydrogens is 374 g/mol. The van der Waals surface area contributed by atoms with Gasteiger partial charge in [-0.1, -0.05) is 12.1 Å². The van der Waals surface area contributed by atoms with Crippen LogP contribution in [0.15, 0.2) is 42.5 Å². The summed E-state index contributed by atoms with van der Waals surface area (Å²) in [5, 5.41) is 0. The summed E-state index contributed by atoms with van der Waals surface area (Å²) in [6.45, 7) is -3.02. The molecule has 3 rings (SSSR count). The molecule has 0 aliphatic rings. The quantitative estimate of drug-likeness (QED) is 0.560. The molecule has 1 aromatic heterocycles. The highest BCUT2D eigenvalue weighted by molar-refractivity contribution is 5.96. The number of rotatable bonds is 6. The minimum absolute atomic E-state index is 0.0402. The van der Waals surface area contributed by atoms with Gasteiger partial charge in [0.05, 0.1) is 24.6 Å². The Bertz CT molecular complexity index is 973. The lowest BCUT2D eigenvalue weighted by Gasteiger charge is -2.12. The molecule has 0 fully saturated rings. The Morgan fingerprint density at radius 2 is 1.93 bits per heavy atom. The van der Waals surface area contributed by atoms with Gasteiger partial charge in [0.2, 0.25) is 5.91 Å². The van der Waals surface area contributed by atoms with Gasteiger partial charge in [0.15, 0.2) is 11.5 Å². The van der Waals surface area contributed by atoms with Gasteiger partial charge in [-0.25, -0.2) is 4.98 Å². The molecule has 0 bridgehead atoms. The smallest absolute Gasteiger partial charge is 0.387 e. The van der Waals surface area contributed by atoms with Crippen LogP contribution in [0.25, 0.3) is 11.0 Å². The van der Waals surface area contributed by atoms with E-state index >= 15 is 0 Å². The molecule has 0 radical (unpaired) electrons. The number of methoxy groups -OCH3 is 1. The van der Waals surface area contributed by atoms with Crippen molar-refractivity contribution >= 4 is 22.8 Å². The van der Waals surface area contributed by atoms with Gasteiger partial charge < -0.3 is 14.5 Å². The van der Waals surface area contributed by atoms with E-state index < -0.39 is 18.4 Å². The average molecular weight is 390 g/mol. The lowest BCUT2D eigenvalue weighted by Crippen LogP contribution is -2.42. The second kappa shape index (κ2) is 8.33. The van der Waals surface area contributed by atoms with E-state index in [0.29, 0.717) is 5.82 Å². The molecule has 0 aliphatic heterocycles. The fourth-order valence-electron chi connectivity index (χ4n) is 2.49. The molecule has 3 N–H and O–H groups in total. The van der Waals surface area contributed by atoms with Crippen molar-refractivity contribution in [1.82, 2.24) is 20.8 Å². The van der Waals surface area contributed by atoms with Crippen molar-refractivity contribution < 1.29 is 27.8 Å². The Kier molecular flexibility index (Phi) is 5.68. The number of amides is 2. The first-order valence-corrected chi connectivity index (χ1v) is 8.12. The number of ether oxygens (including phenoxy) is 2. The second-order valence-electron chi connectivity index (χ2n) is 5.62. The second-order valence-corrected chi connectivity index (χ2v) is 5.62. The first-order valence-electron chi connectivity index (χ1n) is 8.12. The van der Waals surface area contributed by atoms with Crippen LogP contribution in [0.1, 0.15) is 16.2 Å². The van der Waals surface area contributed by atoms with Crippen molar-refractivity contribution in [1.29, 1.82) is 0 Å². The molecular formula is C18H16F2N4O4. The number of nitrogens with zero attached hydrogens (tertiary/aromatic N) is 1. The molecule has 0 aliphatic carbocycles. The number of halogens is 2. The van der Waals surface area contributed by atoms with E-state index in [0.717, 1.165) is 11.0 Å². The van der Waals surface area contributed by atoms with Gasteiger partial charge in [-0.3, -0.25) is 20.4 Å². The van der Waals surface area contributed by atoms with E-state index in [1.165, 1.54) is 25.3 Å². The number of carbonyl (C=O) groups excluding carboxylic acids is 2. The largest absolute Gasteiger partial charge is 0.493 e. The summed E-state index contributed by atoms with van der Waals surface area (Å²) in [6, 6.07) is 11.0. The number of para-hydroxylation sites is 2. The highest BCUT2D eigenvalue weighted by Gasteiger charge is 2.15. The Balaban J connectivity index is 1.59. The minimum Gasteiger partial charge on any atom is -0.493 e. The number of aromatic amines is 1. The van der Waals surface area contributed by atoms with Crippen LogP contribution >= 0.6 is 0 Å². The summed E-state index contributed by atoms with van der Waals surface area (Å²) < 4.78 is 33.9. The third kappa shape index (κ3) is 4.53. The molecule has 0 atom stereocenters. The van der Waals surface area contributed by atoms with Crippen molar-refractivity contribution in [3.63, 3.8) is 0 Å². The van der Waals surface area contributed by atoms with E-state index in [9.17, 15) is 18.4 Å². The Morgan fingerprint density at radius 3 is 2.64 bits per heavy atom. The van der Waals surface area contributed by atoms with Gasteiger partial charge >= 0.3 is 6.61 Å². The molecule has 28 heavy (non-hydrogen) atoms. The highest BCUT2D eigenvalue weighted by Crippen LogP contribution is 2.29. The maximum atomic E-state index is 12.3. The summed E-state index contributed by atoms with van der Waals surface area (Å²) in [5.74, 6) is -0.940. The lowest BCUT2D eigenvalue weighted by atomic mass is 10.2. The number of H-pyrrole nitrogens is 1. The van der Waals surface area contributed by atoms with Crippen molar-refractivity contribution in [2.45, 2.75) is 13.0 Å². The monoisotopic (exact) mass is 390 g/mol. The molecule has 146 valence electrons. The number of aromatic nitrogens is 2. The fraction of sp³-hybridized carbons (Fsp3) is 0.167. The molecule has 10 heteroatoms. The summed E-state index contributed by atoms with van der Waals surface area (Å²) in [4.78, 5) is 31.4. The summed E-state index contributed by atoms with van der Waals surface area (Å²) in [7, 11) is 1.25. The van der Waals surface area contributed by atoms with E-state index in [2.05, 4.69) is 25.6 Å². The average Bonchev–Trinajstić information content (AvgIpc) is 3.08. The van der Waals surface area contributed by atoms with Gasteiger partial charge in [-0.15, -0.1) is 0 Å². The summed E-state index contributed by atoms with van der Waals surface area (Å²) >= 11 is 0. The number of carbonyl (C=O) groups is 2. The number of hydrazine groups is 1. The fourth-order valence-corrected chi connectivity index (χ4v) is 2.49. The summed E-state index contributed by atoms with van der Waals surface area (Å²) in [5.41, 5.74) is 6.12. The zero-order valence-corrected chi connectivity index (χ0v) is 14.7. The van der Waals surface area contributed by atoms with Crippen molar-refractivity contribution in [2.24, 2.45) is 0 Å². The molecule has 8 nitrogen and oxygen atoms in total. The topological polar surface area (TPSA) is 105 Å². The number of hydrogen-bond donors (Lipinski definition) is 3. The standard InChI is InChI=1S/C18H16F2N4O4/c1-27-14-8-10(6-7-13(14)28-18(19)20)17(26)24-23-16(25)9-15-21-11-4-2-3-5-12(11)22-15/h2-8,18H,9H2,1H3,(H,21,22)(H,23,25)(H,24,26). The predicted molar refractivity (Wildman–Crippen MR) is 95.0 cm³/mol. The zero-order chi connectivity index (χ0) is 20.1. The number of imidazole rings is 1. The molecule has 1 heterocycles.